The quantitative estimate of drug-likeness (QED) is 0.608. The van der Waals surface area contributed by atoms with E-state index in [2.05, 4.69) is 27.9 Å². The molecule has 1 saturated carbocycles. The molecule has 0 amide bonds. The highest BCUT2D eigenvalue weighted by molar-refractivity contribution is 14.1. The van der Waals surface area contributed by atoms with Crippen molar-refractivity contribution in [3.8, 4) is 0 Å². The minimum atomic E-state index is -0.213. The minimum Gasteiger partial charge on any atom is -0.464 e. The van der Waals surface area contributed by atoms with Crippen molar-refractivity contribution in [1.82, 2.24) is 0 Å². The summed E-state index contributed by atoms with van der Waals surface area (Å²) < 4.78 is 6.44. The molecule has 0 saturated heterocycles. The van der Waals surface area contributed by atoms with E-state index in [9.17, 15) is 4.79 Å². The Kier molecular flexibility index (Phi) is 6.13. The van der Waals surface area contributed by atoms with Crippen molar-refractivity contribution in [3.05, 3.63) is 27.8 Å². The molecule has 1 atom stereocenters. The number of hydrogen-bond donors (Lipinski definition) is 1. The number of ether oxygens (including phenoxy) is 1. The van der Waals surface area contributed by atoms with Crippen LogP contribution < -0.4 is 5.32 Å². The van der Waals surface area contributed by atoms with Crippen molar-refractivity contribution in [2.75, 3.05) is 11.9 Å². The molecule has 0 spiro atoms. The number of esters is 1. The molecule has 1 aliphatic rings. The van der Waals surface area contributed by atoms with Crippen LogP contribution in [-0.4, -0.2) is 18.6 Å². The van der Waals surface area contributed by atoms with E-state index in [4.69, 9.17) is 4.74 Å². The zero-order valence-corrected chi connectivity index (χ0v) is 14.1. The number of nitrogens with one attached hydrogen (secondary N) is 1. The Morgan fingerprint density at radius 2 is 1.95 bits per heavy atom. The third kappa shape index (κ3) is 4.36. The fraction of sp³-hybridized carbons (Fsp3) is 0.562. The van der Waals surface area contributed by atoms with Crippen LogP contribution >= 0.6 is 22.6 Å². The highest BCUT2D eigenvalue weighted by Crippen LogP contribution is 2.29. The third-order valence-electron chi connectivity index (χ3n) is 3.83. The molecule has 4 heteroatoms. The van der Waals surface area contributed by atoms with Gasteiger partial charge in [0, 0.05) is 9.26 Å². The summed E-state index contributed by atoms with van der Waals surface area (Å²) in [4.78, 5) is 12.2. The normalized spacial score (nSPS) is 17.5. The van der Waals surface area contributed by atoms with Crippen molar-refractivity contribution in [3.63, 3.8) is 0 Å². The van der Waals surface area contributed by atoms with E-state index in [-0.39, 0.29) is 12.0 Å². The number of hydrogen-bond acceptors (Lipinski definition) is 3. The molecule has 1 aromatic rings. The van der Waals surface area contributed by atoms with E-state index in [0.717, 1.165) is 18.5 Å². The Morgan fingerprint density at radius 3 is 2.55 bits per heavy atom. The fourth-order valence-electron chi connectivity index (χ4n) is 2.79. The van der Waals surface area contributed by atoms with Crippen molar-refractivity contribution in [2.45, 2.75) is 45.1 Å². The molecule has 1 fully saturated rings. The minimum absolute atomic E-state index is 0.113. The number of rotatable bonds is 5. The summed E-state index contributed by atoms with van der Waals surface area (Å²) >= 11 is 2.28. The summed E-state index contributed by atoms with van der Waals surface area (Å²) in [6.45, 7) is 2.30. The van der Waals surface area contributed by atoms with Crippen LogP contribution in [0.1, 0.15) is 39.0 Å². The summed E-state index contributed by atoms with van der Waals surface area (Å²) in [5.41, 5.74) is 0.994. The molecule has 1 aromatic carbocycles. The molecular weight excluding hydrogens is 365 g/mol. The first-order valence-electron chi connectivity index (χ1n) is 7.39. The topological polar surface area (TPSA) is 38.3 Å². The second kappa shape index (κ2) is 7.86. The van der Waals surface area contributed by atoms with Crippen molar-refractivity contribution < 1.29 is 9.53 Å². The fourth-order valence-corrected chi connectivity index (χ4v) is 3.15. The van der Waals surface area contributed by atoms with Gasteiger partial charge in [0.25, 0.3) is 0 Å². The van der Waals surface area contributed by atoms with E-state index >= 15 is 0 Å². The number of halogens is 1. The smallest absolute Gasteiger partial charge is 0.328 e. The monoisotopic (exact) mass is 387 g/mol. The lowest BCUT2D eigenvalue weighted by Gasteiger charge is -2.30. The third-order valence-corrected chi connectivity index (χ3v) is 4.55. The lowest BCUT2D eigenvalue weighted by atomic mass is 9.83. The summed E-state index contributed by atoms with van der Waals surface area (Å²) in [5.74, 6) is 0.278. The van der Waals surface area contributed by atoms with Crippen LogP contribution in [0.15, 0.2) is 24.3 Å². The molecule has 110 valence electrons. The van der Waals surface area contributed by atoms with Crippen LogP contribution in [0.25, 0.3) is 0 Å². The van der Waals surface area contributed by atoms with Gasteiger partial charge in [0.2, 0.25) is 0 Å². The lowest BCUT2D eigenvalue weighted by molar-refractivity contribution is -0.145. The molecule has 1 N–H and O–H groups in total. The summed E-state index contributed by atoms with van der Waals surface area (Å²) in [5, 5.41) is 3.38. The van der Waals surface area contributed by atoms with Gasteiger partial charge in [-0.1, -0.05) is 19.3 Å². The molecule has 0 radical (unpaired) electrons. The van der Waals surface area contributed by atoms with Crippen LogP contribution in [-0.2, 0) is 9.53 Å². The maximum Gasteiger partial charge on any atom is 0.328 e. The van der Waals surface area contributed by atoms with Gasteiger partial charge >= 0.3 is 5.97 Å². The van der Waals surface area contributed by atoms with Gasteiger partial charge in [0.05, 0.1) is 6.61 Å². The Hall–Kier alpha value is -0.780. The van der Waals surface area contributed by atoms with Gasteiger partial charge in [-0.2, -0.15) is 0 Å². The van der Waals surface area contributed by atoms with Crippen molar-refractivity contribution in [2.24, 2.45) is 5.92 Å². The summed E-state index contributed by atoms with van der Waals surface area (Å²) in [7, 11) is 0. The average Bonchev–Trinajstić information content (AvgIpc) is 2.48. The number of anilines is 1. The number of carbonyl (C=O) groups is 1. The standard InChI is InChI=1S/C16H22INO2/c1-2-20-16(19)15(12-6-4-3-5-7-12)18-14-10-8-13(17)9-11-14/h8-12,15,18H,2-7H2,1H3. The predicted molar refractivity (Wildman–Crippen MR) is 89.8 cm³/mol. The molecule has 1 aliphatic carbocycles. The van der Waals surface area contributed by atoms with Crippen molar-refractivity contribution >= 4 is 34.2 Å². The molecule has 0 aromatic heterocycles. The zero-order valence-electron chi connectivity index (χ0n) is 11.9. The molecule has 0 aliphatic heterocycles. The van der Waals surface area contributed by atoms with Crippen molar-refractivity contribution in [1.29, 1.82) is 0 Å². The van der Waals surface area contributed by atoms with Gasteiger partial charge in [0.1, 0.15) is 6.04 Å². The Bertz CT molecular complexity index is 427. The van der Waals surface area contributed by atoms with Crippen LogP contribution in [0.3, 0.4) is 0 Å². The van der Waals surface area contributed by atoms with E-state index in [0.29, 0.717) is 12.5 Å². The molecule has 20 heavy (non-hydrogen) atoms. The number of carbonyl (C=O) groups excluding carboxylic acids is 1. The van der Waals surface area contributed by atoms with Gasteiger partial charge in [-0.15, -0.1) is 0 Å². The Balaban J connectivity index is 2.08. The van der Waals surface area contributed by atoms with Crippen LogP contribution in [0.4, 0.5) is 5.69 Å². The van der Waals surface area contributed by atoms with E-state index < -0.39 is 0 Å². The second-order valence-electron chi connectivity index (χ2n) is 5.28. The second-order valence-corrected chi connectivity index (χ2v) is 6.52. The maximum atomic E-state index is 12.2. The SMILES string of the molecule is CCOC(=O)C(Nc1ccc(I)cc1)C1CCCCC1. The predicted octanol–water partition coefficient (Wildman–Crippen LogP) is 4.22. The lowest BCUT2D eigenvalue weighted by Crippen LogP contribution is -2.39. The largest absolute Gasteiger partial charge is 0.464 e. The van der Waals surface area contributed by atoms with Gasteiger partial charge in [0.15, 0.2) is 0 Å². The number of benzene rings is 1. The molecule has 0 heterocycles. The molecule has 0 bridgehead atoms. The molecular formula is C16H22INO2. The summed E-state index contributed by atoms with van der Waals surface area (Å²) in [6, 6.07) is 7.93. The molecule has 1 unspecified atom stereocenters. The van der Waals surface area contributed by atoms with Gasteiger partial charge in [-0.05, 0) is 72.5 Å². The Morgan fingerprint density at radius 1 is 1.30 bits per heavy atom. The van der Waals surface area contributed by atoms with Gasteiger partial charge < -0.3 is 10.1 Å². The Labute approximate surface area is 134 Å². The first kappa shape index (κ1) is 15.6. The highest BCUT2D eigenvalue weighted by Gasteiger charge is 2.30. The summed E-state index contributed by atoms with van der Waals surface area (Å²) in [6.07, 6.45) is 5.95. The van der Waals surface area contributed by atoms with Crippen LogP contribution in [0.5, 0.6) is 0 Å². The van der Waals surface area contributed by atoms with Gasteiger partial charge in [-0.3, -0.25) is 0 Å². The van der Waals surface area contributed by atoms with E-state index in [1.54, 1.807) is 0 Å². The van der Waals surface area contributed by atoms with Gasteiger partial charge in [-0.25, -0.2) is 4.79 Å². The van der Waals surface area contributed by atoms with E-state index in [1.807, 2.05) is 31.2 Å². The first-order valence-corrected chi connectivity index (χ1v) is 8.47. The average molecular weight is 387 g/mol. The van der Waals surface area contributed by atoms with Crippen LogP contribution in [0, 0.1) is 9.49 Å². The maximum absolute atomic E-state index is 12.2. The zero-order chi connectivity index (χ0) is 14.4. The van der Waals surface area contributed by atoms with Crippen LogP contribution in [0.2, 0.25) is 0 Å². The van der Waals surface area contributed by atoms with E-state index in [1.165, 1.54) is 22.8 Å². The first-order chi connectivity index (χ1) is 9.70. The highest BCUT2D eigenvalue weighted by atomic mass is 127. The molecule has 3 nitrogen and oxygen atoms in total. The molecule has 2 rings (SSSR count).